The molecule has 7 heteroatoms. The summed E-state index contributed by atoms with van der Waals surface area (Å²) in [7, 11) is 0. The van der Waals surface area contributed by atoms with Crippen LogP contribution < -0.4 is 16.7 Å². The summed E-state index contributed by atoms with van der Waals surface area (Å²) < 4.78 is 10.2. The van der Waals surface area contributed by atoms with E-state index in [-0.39, 0.29) is 19.0 Å². The maximum Gasteiger partial charge on any atom is 0.336 e. The van der Waals surface area contributed by atoms with Gasteiger partial charge in [0.1, 0.15) is 5.58 Å². The molecule has 1 aromatic heterocycles. The molecule has 0 radical (unpaired) electrons. The van der Waals surface area contributed by atoms with Crippen LogP contribution in [0.5, 0.6) is 0 Å². The van der Waals surface area contributed by atoms with E-state index in [0.29, 0.717) is 24.1 Å². The summed E-state index contributed by atoms with van der Waals surface area (Å²) in [5, 5.41) is 10.3. The molecule has 1 heterocycles. The van der Waals surface area contributed by atoms with Gasteiger partial charge in [0.15, 0.2) is 5.96 Å². The monoisotopic (exact) mass is 303 g/mol. The molecule has 0 unspecified atom stereocenters. The number of fused-ring (bicyclic) bond motifs is 1. The molecule has 0 amide bonds. The number of carbonyl (C=O) groups excluding carboxylic acids is 1. The van der Waals surface area contributed by atoms with Gasteiger partial charge in [0, 0.05) is 18.0 Å². The lowest BCUT2D eigenvalue weighted by Crippen LogP contribution is -2.31. The highest BCUT2D eigenvalue weighted by Gasteiger charge is 2.10. The lowest BCUT2D eigenvalue weighted by molar-refractivity contribution is -0.142. The number of rotatable bonds is 6. The van der Waals surface area contributed by atoms with Crippen molar-refractivity contribution in [1.82, 2.24) is 5.32 Å². The fourth-order valence-corrected chi connectivity index (χ4v) is 2.01. The second kappa shape index (κ2) is 7.26. The van der Waals surface area contributed by atoms with Gasteiger partial charge in [0.25, 0.3) is 0 Å². The zero-order valence-electron chi connectivity index (χ0n) is 11.9. The van der Waals surface area contributed by atoms with E-state index in [1.54, 1.807) is 18.2 Å². The molecule has 0 saturated heterocycles. The molecule has 1 aromatic carbocycles. The molecule has 0 aliphatic rings. The SMILES string of the molecule is N=C(N)NCCCOC(=O)Cc1cc(=O)oc2ccccc12. The average molecular weight is 303 g/mol. The van der Waals surface area contributed by atoms with Crippen molar-refractivity contribution >= 4 is 22.9 Å². The Bertz CT molecular complexity index is 739. The Morgan fingerprint density at radius 3 is 2.91 bits per heavy atom. The van der Waals surface area contributed by atoms with Crippen LogP contribution in [0.2, 0.25) is 0 Å². The Morgan fingerprint density at radius 2 is 2.14 bits per heavy atom. The van der Waals surface area contributed by atoms with Gasteiger partial charge in [0.05, 0.1) is 13.0 Å². The maximum atomic E-state index is 11.8. The number of para-hydroxylation sites is 1. The summed E-state index contributed by atoms with van der Waals surface area (Å²) in [6, 6.07) is 8.34. The van der Waals surface area contributed by atoms with Gasteiger partial charge in [-0.15, -0.1) is 0 Å². The van der Waals surface area contributed by atoms with Gasteiger partial charge >= 0.3 is 11.6 Å². The Balaban J connectivity index is 1.94. The van der Waals surface area contributed by atoms with Gasteiger partial charge < -0.3 is 20.2 Å². The summed E-state index contributed by atoms with van der Waals surface area (Å²) in [6.07, 6.45) is 0.551. The van der Waals surface area contributed by atoms with Gasteiger partial charge in [-0.1, -0.05) is 18.2 Å². The third-order valence-corrected chi connectivity index (χ3v) is 2.97. The van der Waals surface area contributed by atoms with Crippen molar-refractivity contribution in [2.45, 2.75) is 12.8 Å². The second-order valence-corrected chi connectivity index (χ2v) is 4.68. The van der Waals surface area contributed by atoms with Gasteiger partial charge in [0.2, 0.25) is 0 Å². The van der Waals surface area contributed by atoms with Gasteiger partial charge in [-0.25, -0.2) is 4.79 Å². The summed E-state index contributed by atoms with van der Waals surface area (Å²) >= 11 is 0. The van der Waals surface area contributed by atoms with Crippen LogP contribution in [-0.2, 0) is 16.0 Å². The van der Waals surface area contributed by atoms with Crippen LogP contribution in [0.15, 0.2) is 39.5 Å². The molecular weight excluding hydrogens is 286 g/mol. The number of carbonyl (C=O) groups is 1. The van der Waals surface area contributed by atoms with E-state index in [1.807, 2.05) is 6.07 Å². The van der Waals surface area contributed by atoms with E-state index in [2.05, 4.69) is 5.32 Å². The van der Waals surface area contributed by atoms with Crippen molar-refractivity contribution in [3.05, 3.63) is 46.3 Å². The molecular formula is C15H17N3O4. The van der Waals surface area contributed by atoms with Crippen molar-refractivity contribution in [2.75, 3.05) is 13.2 Å². The third-order valence-electron chi connectivity index (χ3n) is 2.97. The first-order chi connectivity index (χ1) is 10.6. The predicted octanol–water partition coefficient (Wildman–Crippen LogP) is 0.752. The van der Waals surface area contributed by atoms with E-state index in [9.17, 15) is 9.59 Å². The number of hydrogen-bond donors (Lipinski definition) is 3. The van der Waals surface area contributed by atoms with Crippen molar-refractivity contribution in [2.24, 2.45) is 5.73 Å². The number of nitrogens with one attached hydrogen (secondary N) is 2. The van der Waals surface area contributed by atoms with E-state index in [4.69, 9.17) is 20.3 Å². The first kappa shape index (κ1) is 15.6. The molecule has 4 N–H and O–H groups in total. The molecule has 0 spiro atoms. The molecule has 0 aliphatic carbocycles. The Hall–Kier alpha value is -2.83. The Kier molecular flexibility index (Phi) is 5.13. The highest BCUT2D eigenvalue weighted by atomic mass is 16.5. The third kappa shape index (κ3) is 4.34. The molecule has 116 valence electrons. The van der Waals surface area contributed by atoms with Crippen molar-refractivity contribution < 1.29 is 13.9 Å². The minimum atomic E-state index is -0.493. The van der Waals surface area contributed by atoms with Crippen molar-refractivity contribution in [3.63, 3.8) is 0 Å². The minimum Gasteiger partial charge on any atom is -0.465 e. The fraction of sp³-hybridized carbons (Fsp3) is 0.267. The normalized spacial score (nSPS) is 10.4. The molecule has 0 saturated carbocycles. The van der Waals surface area contributed by atoms with Crippen LogP contribution >= 0.6 is 0 Å². The molecule has 0 bridgehead atoms. The molecule has 22 heavy (non-hydrogen) atoms. The first-order valence-corrected chi connectivity index (χ1v) is 6.81. The zero-order valence-corrected chi connectivity index (χ0v) is 11.9. The lowest BCUT2D eigenvalue weighted by atomic mass is 10.1. The second-order valence-electron chi connectivity index (χ2n) is 4.68. The fourth-order valence-electron chi connectivity index (χ4n) is 2.01. The van der Waals surface area contributed by atoms with Crippen LogP contribution in [0.25, 0.3) is 11.0 Å². The summed E-state index contributed by atoms with van der Waals surface area (Å²) in [5.74, 6) is -0.535. The van der Waals surface area contributed by atoms with Crippen LogP contribution in [-0.4, -0.2) is 25.1 Å². The highest BCUT2D eigenvalue weighted by molar-refractivity contribution is 5.85. The van der Waals surface area contributed by atoms with E-state index in [1.165, 1.54) is 6.07 Å². The highest BCUT2D eigenvalue weighted by Crippen LogP contribution is 2.17. The summed E-state index contributed by atoms with van der Waals surface area (Å²) in [5.41, 5.74) is 5.67. The molecule has 2 aromatic rings. The number of guanidine groups is 1. The standard InChI is InChI=1S/C15H17N3O4/c16-15(17)18-6-3-7-21-13(19)8-10-9-14(20)22-12-5-2-1-4-11(10)12/h1-2,4-5,9H,3,6-8H2,(H4,16,17,18). The number of esters is 1. The predicted molar refractivity (Wildman–Crippen MR) is 81.7 cm³/mol. The largest absolute Gasteiger partial charge is 0.465 e. The Labute approximate surface area is 126 Å². The van der Waals surface area contributed by atoms with Gasteiger partial charge in [-0.05, 0) is 18.1 Å². The van der Waals surface area contributed by atoms with Crippen molar-refractivity contribution in [3.8, 4) is 0 Å². The molecule has 0 atom stereocenters. The average Bonchev–Trinajstić information content (AvgIpc) is 2.46. The summed E-state index contributed by atoms with van der Waals surface area (Å²) in [6.45, 7) is 0.680. The van der Waals surface area contributed by atoms with Crippen LogP contribution in [0.3, 0.4) is 0 Å². The van der Waals surface area contributed by atoms with Crippen molar-refractivity contribution in [1.29, 1.82) is 5.41 Å². The first-order valence-electron chi connectivity index (χ1n) is 6.81. The smallest absolute Gasteiger partial charge is 0.336 e. The number of hydrogen-bond acceptors (Lipinski definition) is 5. The number of ether oxygens (including phenoxy) is 1. The zero-order chi connectivity index (χ0) is 15.9. The quantitative estimate of drug-likeness (QED) is 0.238. The topological polar surface area (TPSA) is 118 Å². The maximum absolute atomic E-state index is 11.8. The molecule has 2 rings (SSSR count). The molecule has 7 nitrogen and oxygen atoms in total. The van der Waals surface area contributed by atoms with Gasteiger partial charge in [-0.2, -0.15) is 0 Å². The van der Waals surface area contributed by atoms with E-state index < -0.39 is 11.6 Å². The molecule has 0 aliphatic heterocycles. The molecule has 0 fully saturated rings. The number of benzene rings is 1. The van der Waals surface area contributed by atoms with Crippen LogP contribution in [0, 0.1) is 5.41 Å². The van der Waals surface area contributed by atoms with Crippen LogP contribution in [0.4, 0.5) is 0 Å². The summed E-state index contributed by atoms with van der Waals surface area (Å²) in [4.78, 5) is 23.3. The Morgan fingerprint density at radius 1 is 1.36 bits per heavy atom. The van der Waals surface area contributed by atoms with E-state index in [0.717, 1.165) is 5.39 Å². The number of nitrogens with two attached hydrogens (primary N) is 1. The van der Waals surface area contributed by atoms with Gasteiger partial charge in [-0.3, -0.25) is 10.2 Å². The minimum absolute atomic E-state index is 0.00620. The lowest BCUT2D eigenvalue weighted by Gasteiger charge is -2.07. The van der Waals surface area contributed by atoms with Crippen LogP contribution in [0.1, 0.15) is 12.0 Å². The van der Waals surface area contributed by atoms with E-state index >= 15 is 0 Å².